The molecule has 0 amide bonds. The van der Waals surface area contributed by atoms with E-state index in [0.717, 1.165) is 11.3 Å². The number of halogens is 2. The Morgan fingerprint density at radius 2 is 1.70 bits per heavy atom. The van der Waals surface area contributed by atoms with Gasteiger partial charge in [0.05, 0.1) is 18.9 Å². The molecule has 0 aliphatic carbocycles. The zero-order valence-electron chi connectivity index (χ0n) is 10.8. The van der Waals surface area contributed by atoms with Crippen LogP contribution in [0.25, 0.3) is 0 Å². The average molecular weight is 277 g/mol. The number of hydrogen-bond acceptors (Lipinski definition) is 3. The van der Waals surface area contributed by atoms with Crippen molar-refractivity contribution < 1.29 is 18.4 Å². The van der Waals surface area contributed by atoms with Gasteiger partial charge in [-0.1, -0.05) is 11.2 Å². The van der Waals surface area contributed by atoms with Gasteiger partial charge in [0.2, 0.25) is 0 Å². The first kappa shape index (κ1) is 14.0. The fourth-order valence-corrected chi connectivity index (χ4v) is 1.56. The molecule has 0 aromatic heterocycles. The van der Waals surface area contributed by atoms with Crippen LogP contribution in [0.3, 0.4) is 0 Å². The summed E-state index contributed by atoms with van der Waals surface area (Å²) in [5.74, 6) is -0.564. The summed E-state index contributed by atoms with van der Waals surface area (Å²) in [6, 6.07) is 10.8. The second-order valence-electron chi connectivity index (χ2n) is 3.98. The highest BCUT2D eigenvalue weighted by atomic mass is 19.1. The van der Waals surface area contributed by atoms with Crippen molar-refractivity contribution in [3.05, 3.63) is 65.2 Å². The molecule has 0 saturated carbocycles. The molecule has 2 aromatic rings. The van der Waals surface area contributed by atoms with E-state index in [1.165, 1.54) is 24.4 Å². The van der Waals surface area contributed by atoms with Crippen LogP contribution >= 0.6 is 0 Å². The van der Waals surface area contributed by atoms with Crippen molar-refractivity contribution in [2.45, 2.75) is 6.61 Å². The summed E-state index contributed by atoms with van der Waals surface area (Å²) < 4.78 is 31.6. The van der Waals surface area contributed by atoms with Gasteiger partial charge in [-0.15, -0.1) is 0 Å². The molecule has 0 spiro atoms. The third-order valence-corrected chi connectivity index (χ3v) is 2.66. The van der Waals surface area contributed by atoms with E-state index in [1.807, 2.05) is 0 Å². The molecule has 0 atom stereocenters. The van der Waals surface area contributed by atoms with Crippen LogP contribution in [-0.2, 0) is 11.4 Å². The van der Waals surface area contributed by atoms with Crippen molar-refractivity contribution in [3.8, 4) is 5.75 Å². The first-order valence-corrected chi connectivity index (χ1v) is 5.93. The minimum Gasteiger partial charge on any atom is -0.497 e. The van der Waals surface area contributed by atoms with Crippen LogP contribution in [0, 0.1) is 11.6 Å². The minimum absolute atomic E-state index is 0.139. The molecule has 20 heavy (non-hydrogen) atoms. The molecule has 5 heteroatoms. The van der Waals surface area contributed by atoms with Gasteiger partial charge in [-0.2, -0.15) is 0 Å². The SMILES string of the molecule is COc1ccc(C=NOCc2c(F)cccc2F)cc1. The van der Waals surface area contributed by atoms with Crippen LogP contribution < -0.4 is 4.74 Å². The molecule has 0 unspecified atom stereocenters. The first-order valence-electron chi connectivity index (χ1n) is 5.93. The zero-order chi connectivity index (χ0) is 14.4. The predicted molar refractivity (Wildman–Crippen MR) is 71.7 cm³/mol. The monoisotopic (exact) mass is 277 g/mol. The van der Waals surface area contributed by atoms with E-state index in [0.29, 0.717) is 0 Å². The highest BCUT2D eigenvalue weighted by molar-refractivity contribution is 5.79. The lowest BCUT2D eigenvalue weighted by Crippen LogP contribution is -1.96. The molecule has 2 rings (SSSR count). The van der Waals surface area contributed by atoms with Gasteiger partial charge in [-0.05, 0) is 42.0 Å². The van der Waals surface area contributed by atoms with E-state index in [4.69, 9.17) is 9.57 Å². The highest BCUT2D eigenvalue weighted by Gasteiger charge is 2.07. The summed E-state index contributed by atoms with van der Waals surface area (Å²) in [7, 11) is 1.58. The summed E-state index contributed by atoms with van der Waals surface area (Å²) in [5, 5.41) is 3.68. The van der Waals surface area contributed by atoms with E-state index in [9.17, 15) is 8.78 Å². The molecule has 0 fully saturated rings. The van der Waals surface area contributed by atoms with Crippen LogP contribution in [0.2, 0.25) is 0 Å². The largest absolute Gasteiger partial charge is 0.497 e. The molecular weight excluding hydrogens is 264 g/mol. The molecule has 0 aliphatic rings. The molecule has 0 N–H and O–H groups in total. The highest BCUT2D eigenvalue weighted by Crippen LogP contribution is 2.13. The Morgan fingerprint density at radius 1 is 1.05 bits per heavy atom. The molecule has 0 aliphatic heterocycles. The fraction of sp³-hybridized carbons (Fsp3) is 0.133. The smallest absolute Gasteiger partial charge is 0.147 e. The van der Waals surface area contributed by atoms with Crippen LogP contribution in [0.5, 0.6) is 5.75 Å². The maximum Gasteiger partial charge on any atom is 0.147 e. The van der Waals surface area contributed by atoms with Gasteiger partial charge in [0.25, 0.3) is 0 Å². The Balaban J connectivity index is 1.93. The van der Waals surface area contributed by atoms with E-state index < -0.39 is 11.6 Å². The third kappa shape index (κ3) is 3.54. The van der Waals surface area contributed by atoms with Gasteiger partial charge in [0.15, 0.2) is 0 Å². The van der Waals surface area contributed by atoms with Crippen molar-refractivity contribution in [2.24, 2.45) is 5.16 Å². The zero-order valence-corrected chi connectivity index (χ0v) is 10.8. The Labute approximate surface area is 115 Å². The van der Waals surface area contributed by atoms with Crippen LogP contribution in [0.1, 0.15) is 11.1 Å². The molecule has 0 bridgehead atoms. The van der Waals surface area contributed by atoms with Gasteiger partial charge in [0.1, 0.15) is 24.0 Å². The summed E-state index contributed by atoms with van der Waals surface area (Å²) in [6.45, 7) is -0.259. The lowest BCUT2D eigenvalue weighted by atomic mass is 10.2. The van der Waals surface area contributed by atoms with E-state index in [-0.39, 0.29) is 12.2 Å². The van der Waals surface area contributed by atoms with Crippen molar-refractivity contribution >= 4 is 6.21 Å². The van der Waals surface area contributed by atoms with E-state index >= 15 is 0 Å². The van der Waals surface area contributed by atoms with Crippen molar-refractivity contribution in [2.75, 3.05) is 7.11 Å². The van der Waals surface area contributed by atoms with Crippen LogP contribution in [0.4, 0.5) is 8.78 Å². The van der Waals surface area contributed by atoms with E-state index in [2.05, 4.69) is 5.16 Å². The molecular formula is C15H13F2NO2. The Hall–Kier alpha value is -2.43. The lowest BCUT2D eigenvalue weighted by Gasteiger charge is -2.03. The Morgan fingerprint density at radius 3 is 2.30 bits per heavy atom. The van der Waals surface area contributed by atoms with Crippen LogP contribution in [0.15, 0.2) is 47.6 Å². The fourth-order valence-electron chi connectivity index (χ4n) is 1.56. The van der Waals surface area contributed by atoms with Crippen molar-refractivity contribution in [1.82, 2.24) is 0 Å². The maximum atomic E-state index is 13.3. The minimum atomic E-state index is -0.648. The number of oxime groups is 1. The second kappa shape index (κ2) is 6.65. The Kier molecular flexibility index (Phi) is 4.65. The van der Waals surface area contributed by atoms with Gasteiger partial charge < -0.3 is 9.57 Å². The number of benzene rings is 2. The number of nitrogens with zero attached hydrogens (tertiary/aromatic N) is 1. The standard InChI is InChI=1S/C15H13F2NO2/c1-19-12-7-5-11(6-8-12)9-18-20-10-13-14(16)3-2-4-15(13)17/h2-9H,10H2,1H3. The van der Waals surface area contributed by atoms with Gasteiger partial charge in [-0.3, -0.25) is 0 Å². The summed E-state index contributed by atoms with van der Waals surface area (Å²) in [6.07, 6.45) is 1.46. The number of hydrogen-bond donors (Lipinski definition) is 0. The summed E-state index contributed by atoms with van der Waals surface area (Å²) in [5.41, 5.74) is 0.652. The molecule has 104 valence electrons. The van der Waals surface area contributed by atoms with Crippen LogP contribution in [-0.4, -0.2) is 13.3 Å². The Bertz CT molecular complexity index is 577. The average Bonchev–Trinajstić information content (AvgIpc) is 2.46. The molecule has 0 saturated heterocycles. The summed E-state index contributed by atoms with van der Waals surface area (Å²) in [4.78, 5) is 4.90. The topological polar surface area (TPSA) is 30.8 Å². The maximum absolute atomic E-state index is 13.3. The molecule has 0 heterocycles. The predicted octanol–water partition coefficient (Wildman–Crippen LogP) is 3.52. The number of methoxy groups -OCH3 is 1. The molecule has 2 aromatic carbocycles. The van der Waals surface area contributed by atoms with Gasteiger partial charge in [0, 0.05) is 0 Å². The first-order chi connectivity index (χ1) is 9.70. The normalized spacial score (nSPS) is 10.8. The quantitative estimate of drug-likeness (QED) is 0.618. The molecule has 3 nitrogen and oxygen atoms in total. The van der Waals surface area contributed by atoms with Gasteiger partial charge in [-0.25, -0.2) is 8.78 Å². The number of rotatable bonds is 5. The van der Waals surface area contributed by atoms with E-state index in [1.54, 1.807) is 31.4 Å². The molecule has 0 radical (unpaired) electrons. The third-order valence-electron chi connectivity index (χ3n) is 2.66. The second-order valence-corrected chi connectivity index (χ2v) is 3.98. The van der Waals surface area contributed by atoms with Crippen molar-refractivity contribution in [1.29, 1.82) is 0 Å². The number of ether oxygens (including phenoxy) is 1. The lowest BCUT2D eigenvalue weighted by molar-refractivity contribution is 0.126. The summed E-state index contributed by atoms with van der Waals surface area (Å²) >= 11 is 0. The van der Waals surface area contributed by atoms with Crippen molar-refractivity contribution in [3.63, 3.8) is 0 Å². The van der Waals surface area contributed by atoms with Gasteiger partial charge >= 0.3 is 0 Å².